The molecular weight excluding hydrogens is 479 g/mol. The number of azo groups is 1. The first-order chi connectivity index (χ1) is 15.9. The number of benzene rings is 2. The SMILES string of the molecule is CC(C)(C)c1ccc(S(=O)(=O)Nc2cc(F)c(Cl)cc2C2(C3(C)CCCCO3)N=CN=N2)cc1. The molecule has 2 aromatic carbocycles. The summed E-state index contributed by atoms with van der Waals surface area (Å²) in [7, 11) is -4.06. The van der Waals surface area contributed by atoms with Gasteiger partial charge in [0.25, 0.3) is 10.0 Å². The maximum absolute atomic E-state index is 14.6. The first-order valence-corrected chi connectivity index (χ1v) is 13.0. The summed E-state index contributed by atoms with van der Waals surface area (Å²) >= 11 is 6.14. The van der Waals surface area contributed by atoms with E-state index in [4.69, 9.17) is 16.3 Å². The van der Waals surface area contributed by atoms with E-state index in [0.29, 0.717) is 13.0 Å². The van der Waals surface area contributed by atoms with Gasteiger partial charge < -0.3 is 4.74 Å². The molecule has 2 aromatic rings. The fraction of sp³-hybridized carbons (Fsp3) is 0.458. The van der Waals surface area contributed by atoms with Crippen LogP contribution in [-0.2, 0) is 25.8 Å². The van der Waals surface area contributed by atoms with Crippen LogP contribution in [0.5, 0.6) is 0 Å². The molecule has 4 rings (SSSR count). The van der Waals surface area contributed by atoms with E-state index < -0.39 is 27.1 Å². The fourth-order valence-corrected chi connectivity index (χ4v) is 5.60. The molecule has 0 aromatic heterocycles. The average Bonchev–Trinajstić information content (AvgIpc) is 3.28. The summed E-state index contributed by atoms with van der Waals surface area (Å²) < 4.78 is 49.8. The lowest BCUT2D eigenvalue weighted by Gasteiger charge is -2.44. The summed E-state index contributed by atoms with van der Waals surface area (Å²) in [5.41, 5.74) is -1.20. The van der Waals surface area contributed by atoms with E-state index in [1.54, 1.807) is 12.1 Å². The Morgan fingerprint density at radius 3 is 2.41 bits per heavy atom. The van der Waals surface area contributed by atoms with Gasteiger partial charge in [-0.3, -0.25) is 4.72 Å². The van der Waals surface area contributed by atoms with Crippen molar-refractivity contribution in [3.63, 3.8) is 0 Å². The van der Waals surface area contributed by atoms with Crippen LogP contribution >= 0.6 is 11.6 Å². The lowest BCUT2D eigenvalue weighted by atomic mass is 9.78. The van der Waals surface area contributed by atoms with Crippen LogP contribution in [0.2, 0.25) is 5.02 Å². The van der Waals surface area contributed by atoms with Gasteiger partial charge in [0.2, 0.25) is 5.66 Å². The van der Waals surface area contributed by atoms with Gasteiger partial charge in [0.15, 0.2) is 0 Å². The monoisotopic (exact) mass is 506 g/mol. The van der Waals surface area contributed by atoms with E-state index in [1.165, 1.54) is 24.5 Å². The molecule has 10 heteroatoms. The third-order valence-electron chi connectivity index (χ3n) is 6.42. The van der Waals surface area contributed by atoms with Crippen LogP contribution in [0.3, 0.4) is 0 Å². The summed E-state index contributed by atoms with van der Waals surface area (Å²) in [6.07, 6.45) is 3.67. The van der Waals surface area contributed by atoms with Gasteiger partial charge in [0.05, 0.1) is 15.6 Å². The van der Waals surface area contributed by atoms with Crippen LogP contribution in [0.1, 0.15) is 58.1 Å². The lowest BCUT2D eigenvalue weighted by Crippen LogP contribution is -2.50. The summed E-state index contributed by atoms with van der Waals surface area (Å²) in [5, 5.41) is 8.14. The van der Waals surface area contributed by atoms with E-state index >= 15 is 0 Å². The standard InChI is InChI=1S/C24H28ClFN4O3S/c1-22(2,3)16-7-9-17(10-8-16)34(31,32)29-21-14-20(26)19(25)13-18(21)24(27-15-28-30-24)23(4)11-5-6-12-33-23/h7-10,13-15,29H,5-6,11-12H2,1-4H3. The second-order valence-corrected chi connectivity index (χ2v) is 12.0. The highest BCUT2D eigenvalue weighted by Crippen LogP contribution is 2.50. The molecule has 1 N–H and O–H groups in total. The Kier molecular flexibility index (Phi) is 6.33. The zero-order valence-electron chi connectivity index (χ0n) is 19.6. The smallest absolute Gasteiger partial charge is 0.261 e. The highest BCUT2D eigenvalue weighted by atomic mass is 35.5. The zero-order chi connectivity index (χ0) is 24.8. The van der Waals surface area contributed by atoms with Crippen molar-refractivity contribution in [1.29, 1.82) is 0 Å². The van der Waals surface area contributed by atoms with Crippen LogP contribution in [0.25, 0.3) is 0 Å². The normalized spacial score (nSPS) is 25.0. The van der Waals surface area contributed by atoms with Crippen molar-refractivity contribution in [1.82, 2.24) is 0 Å². The van der Waals surface area contributed by atoms with Gasteiger partial charge in [0.1, 0.15) is 17.8 Å². The first-order valence-electron chi connectivity index (χ1n) is 11.1. The van der Waals surface area contributed by atoms with Gasteiger partial charge in [-0.1, -0.05) is 44.5 Å². The van der Waals surface area contributed by atoms with Crippen LogP contribution in [0.4, 0.5) is 10.1 Å². The lowest BCUT2D eigenvalue weighted by molar-refractivity contribution is -0.114. The highest BCUT2D eigenvalue weighted by molar-refractivity contribution is 7.92. The van der Waals surface area contributed by atoms with Gasteiger partial charge in [0, 0.05) is 12.2 Å². The Morgan fingerprint density at radius 1 is 1.15 bits per heavy atom. The molecule has 7 nitrogen and oxygen atoms in total. The molecule has 0 saturated carbocycles. The molecule has 0 radical (unpaired) electrons. The maximum atomic E-state index is 14.6. The molecule has 0 amide bonds. The third-order valence-corrected chi connectivity index (χ3v) is 8.09. The molecule has 2 atom stereocenters. The Balaban J connectivity index is 1.80. The summed E-state index contributed by atoms with van der Waals surface area (Å²) in [6, 6.07) is 9.00. The van der Waals surface area contributed by atoms with Gasteiger partial charge in [-0.15, -0.1) is 10.2 Å². The second-order valence-electron chi connectivity index (χ2n) is 9.86. The number of halogens is 2. The largest absolute Gasteiger partial charge is 0.370 e. The number of hydrogen-bond donors (Lipinski definition) is 1. The van der Waals surface area contributed by atoms with E-state index in [0.717, 1.165) is 24.5 Å². The average molecular weight is 507 g/mol. The number of ether oxygens (including phenoxy) is 1. The molecule has 0 bridgehead atoms. The number of aliphatic imine (C=N–C) groups is 1. The third kappa shape index (κ3) is 4.36. The first kappa shape index (κ1) is 24.8. The van der Waals surface area contributed by atoms with E-state index in [1.807, 2.05) is 27.7 Å². The number of anilines is 1. The molecule has 2 heterocycles. The Labute approximate surface area is 204 Å². The summed E-state index contributed by atoms with van der Waals surface area (Å²) in [5.74, 6) is -0.769. The zero-order valence-corrected chi connectivity index (χ0v) is 21.2. The van der Waals surface area contributed by atoms with Gasteiger partial charge in [-0.05, 0) is 61.4 Å². The number of hydrogen-bond acceptors (Lipinski definition) is 6. The predicted molar refractivity (Wildman–Crippen MR) is 131 cm³/mol. The molecule has 2 aliphatic heterocycles. The summed E-state index contributed by atoms with van der Waals surface area (Å²) in [6.45, 7) is 8.48. The van der Waals surface area contributed by atoms with E-state index in [-0.39, 0.29) is 26.6 Å². The molecule has 2 aliphatic rings. The van der Waals surface area contributed by atoms with Crippen molar-refractivity contribution in [2.24, 2.45) is 15.2 Å². The second kappa shape index (κ2) is 8.70. The van der Waals surface area contributed by atoms with Crippen molar-refractivity contribution >= 4 is 33.7 Å². The highest BCUT2D eigenvalue weighted by Gasteiger charge is 2.55. The number of nitrogens with zero attached hydrogens (tertiary/aromatic N) is 3. The van der Waals surface area contributed by atoms with Gasteiger partial charge in [-0.25, -0.2) is 17.8 Å². The molecular formula is C24H28ClFN4O3S. The van der Waals surface area contributed by atoms with Gasteiger partial charge in [-0.2, -0.15) is 0 Å². The van der Waals surface area contributed by atoms with Crippen molar-refractivity contribution in [3.8, 4) is 0 Å². The molecule has 0 spiro atoms. The van der Waals surface area contributed by atoms with Gasteiger partial charge >= 0.3 is 0 Å². The molecule has 1 saturated heterocycles. The minimum atomic E-state index is -4.06. The van der Waals surface area contributed by atoms with Crippen molar-refractivity contribution in [2.75, 3.05) is 11.3 Å². The molecule has 1 fully saturated rings. The quantitative estimate of drug-likeness (QED) is 0.524. The Morgan fingerprint density at radius 2 is 1.85 bits per heavy atom. The molecule has 34 heavy (non-hydrogen) atoms. The Hall–Kier alpha value is -2.36. The minimum Gasteiger partial charge on any atom is -0.370 e. The molecule has 182 valence electrons. The maximum Gasteiger partial charge on any atom is 0.261 e. The van der Waals surface area contributed by atoms with Crippen LogP contribution in [0, 0.1) is 5.82 Å². The molecule has 0 aliphatic carbocycles. The molecule has 2 unspecified atom stereocenters. The number of sulfonamides is 1. The van der Waals surface area contributed by atoms with E-state index in [9.17, 15) is 12.8 Å². The summed E-state index contributed by atoms with van der Waals surface area (Å²) in [4.78, 5) is 4.56. The fourth-order valence-electron chi connectivity index (χ4n) is 4.36. The van der Waals surface area contributed by atoms with Crippen LogP contribution < -0.4 is 4.72 Å². The van der Waals surface area contributed by atoms with Crippen LogP contribution in [0.15, 0.2) is 56.5 Å². The minimum absolute atomic E-state index is 0.0183. The number of nitrogens with one attached hydrogen (secondary N) is 1. The predicted octanol–water partition coefficient (Wildman–Crippen LogP) is 6.18. The van der Waals surface area contributed by atoms with E-state index in [2.05, 4.69) is 19.9 Å². The van der Waals surface area contributed by atoms with Crippen molar-refractivity contribution < 1.29 is 17.5 Å². The number of rotatable bonds is 5. The van der Waals surface area contributed by atoms with Crippen molar-refractivity contribution in [2.45, 2.75) is 68.5 Å². The van der Waals surface area contributed by atoms with Crippen LogP contribution in [-0.4, -0.2) is 27.0 Å². The Bertz CT molecular complexity index is 1240. The van der Waals surface area contributed by atoms with Crippen molar-refractivity contribution in [3.05, 3.63) is 58.4 Å². The topological polar surface area (TPSA) is 92.5 Å².